The maximum atomic E-state index is 12.9. The number of hydrogen-bond acceptors (Lipinski definition) is 8. The second-order valence-electron chi connectivity index (χ2n) is 23.0. The van der Waals surface area contributed by atoms with Gasteiger partial charge in [-0.1, -0.05) is 263 Å². The molecule has 472 valence electrons. The monoisotopic (exact) mass is 1150 g/mol. The number of rotatable bonds is 60. The van der Waals surface area contributed by atoms with Gasteiger partial charge in [-0.2, -0.15) is 0 Å². The topological polar surface area (TPSA) is 111 Å². The molecule has 9 nitrogen and oxygen atoms in total. The number of ether oxygens (including phenoxy) is 4. The maximum absolute atomic E-state index is 12.9. The van der Waals surface area contributed by atoms with Gasteiger partial charge in [0.2, 0.25) is 0 Å². The average molecular weight is 1150 g/mol. The second kappa shape index (κ2) is 63.5. The van der Waals surface area contributed by atoms with Crippen LogP contribution >= 0.6 is 0 Å². The van der Waals surface area contributed by atoms with Gasteiger partial charge < -0.3 is 33.3 Å². The van der Waals surface area contributed by atoms with Crippen LogP contribution in [0, 0.1) is 0 Å². The Labute approximate surface area is 509 Å². The third-order valence-corrected chi connectivity index (χ3v) is 13.9. The maximum Gasteiger partial charge on any atom is 0.306 e. The Bertz CT molecular complexity index is 1820. The van der Waals surface area contributed by atoms with E-state index in [0.717, 1.165) is 116 Å². The number of aliphatic carboxylic acids is 1. The highest BCUT2D eigenvalue weighted by molar-refractivity contribution is 5.70. The predicted octanol–water partition coefficient (Wildman–Crippen LogP) is 19.2. The lowest BCUT2D eigenvalue weighted by atomic mass is 10.0. The second-order valence-corrected chi connectivity index (χ2v) is 23.0. The summed E-state index contributed by atoms with van der Waals surface area (Å²) in [6, 6.07) is 0. The summed E-state index contributed by atoms with van der Waals surface area (Å²) in [5.41, 5.74) is 0. The summed E-state index contributed by atoms with van der Waals surface area (Å²) in [6.07, 6.45) is 88.0. The lowest BCUT2D eigenvalue weighted by molar-refractivity contribution is -0.870. The quantitative estimate of drug-likeness (QED) is 0.0195. The molecule has 0 aliphatic heterocycles. The van der Waals surface area contributed by atoms with Crippen molar-refractivity contribution in [1.82, 2.24) is 0 Å². The first-order valence-corrected chi connectivity index (χ1v) is 33.3. The van der Waals surface area contributed by atoms with E-state index in [0.29, 0.717) is 17.4 Å². The number of nitrogens with zero attached hydrogens (tertiary/aromatic N) is 1. The first-order chi connectivity index (χ1) is 40.6. The summed E-state index contributed by atoms with van der Waals surface area (Å²) >= 11 is 0. The van der Waals surface area contributed by atoms with E-state index in [1.807, 2.05) is 21.1 Å². The molecule has 0 aliphatic rings. The van der Waals surface area contributed by atoms with Crippen LogP contribution in [0.3, 0.4) is 0 Å². The van der Waals surface area contributed by atoms with E-state index in [-0.39, 0.29) is 38.6 Å². The largest absolute Gasteiger partial charge is 0.545 e. The summed E-state index contributed by atoms with van der Waals surface area (Å²) < 4.78 is 22.7. The molecule has 0 fully saturated rings. The number of quaternary nitrogens is 1. The van der Waals surface area contributed by atoms with E-state index in [1.54, 1.807) is 0 Å². The van der Waals surface area contributed by atoms with E-state index in [4.69, 9.17) is 18.9 Å². The van der Waals surface area contributed by atoms with Crippen LogP contribution in [0.1, 0.15) is 258 Å². The summed E-state index contributed by atoms with van der Waals surface area (Å²) in [7, 11) is 5.91. The molecule has 0 N–H and O–H groups in total. The molecular formula is C74H123NO8. The minimum atomic E-state index is -1.64. The molecule has 83 heavy (non-hydrogen) atoms. The van der Waals surface area contributed by atoms with Crippen LogP contribution in [0.25, 0.3) is 0 Å². The Morgan fingerprint density at radius 1 is 0.373 bits per heavy atom. The lowest BCUT2D eigenvalue weighted by Crippen LogP contribution is -2.44. The van der Waals surface area contributed by atoms with E-state index in [1.165, 1.54) is 109 Å². The van der Waals surface area contributed by atoms with Crippen LogP contribution in [-0.2, 0) is 33.3 Å². The van der Waals surface area contributed by atoms with Crippen molar-refractivity contribution < 1.29 is 42.9 Å². The van der Waals surface area contributed by atoms with Crippen LogP contribution in [0.2, 0.25) is 0 Å². The summed E-state index contributed by atoms with van der Waals surface area (Å²) in [5.74, 6) is -2.32. The zero-order chi connectivity index (χ0) is 60.5. The van der Waals surface area contributed by atoms with Crippen LogP contribution in [0.5, 0.6) is 0 Å². The van der Waals surface area contributed by atoms with Crippen molar-refractivity contribution >= 4 is 17.9 Å². The fourth-order valence-corrected chi connectivity index (χ4v) is 8.79. The number of carboxylic acid groups (broad SMARTS) is 1. The van der Waals surface area contributed by atoms with E-state index in [9.17, 15) is 19.5 Å². The Balaban J connectivity index is 4.26. The van der Waals surface area contributed by atoms with E-state index >= 15 is 0 Å². The lowest BCUT2D eigenvalue weighted by Gasteiger charge is -2.26. The number of carboxylic acids is 1. The first-order valence-electron chi connectivity index (χ1n) is 33.3. The van der Waals surface area contributed by atoms with Crippen molar-refractivity contribution in [2.75, 3.05) is 47.5 Å². The Morgan fingerprint density at radius 3 is 1.02 bits per heavy atom. The number of hydrogen-bond donors (Lipinski definition) is 0. The predicted molar refractivity (Wildman–Crippen MR) is 352 cm³/mol. The van der Waals surface area contributed by atoms with E-state index < -0.39 is 24.3 Å². The van der Waals surface area contributed by atoms with Crippen molar-refractivity contribution in [3.05, 3.63) is 134 Å². The third-order valence-electron chi connectivity index (χ3n) is 13.9. The van der Waals surface area contributed by atoms with Crippen molar-refractivity contribution in [1.29, 1.82) is 0 Å². The Kier molecular flexibility index (Phi) is 60.0. The number of allylic oxidation sites excluding steroid dienone is 22. The first kappa shape index (κ1) is 78.4. The molecule has 0 aromatic rings. The van der Waals surface area contributed by atoms with Crippen molar-refractivity contribution in [2.24, 2.45) is 0 Å². The van der Waals surface area contributed by atoms with Gasteiger partial charge in [-0.05, 0) is 116 Å². The standard InChI is InChI=1S/C74H123NO8/c1-6-8-10-12-14-16-18-20-22-24-26-28-30-32-33-34-35-36-37-38-39-41-43-45-47-49-51-53-55-57-59-61-63-65-72(77)83-70(69-82-74(73(78)79)80-67-66-75(3,4)5)68-81-71(76)64-62-60-58-56-54-52-50-48-46-44-42-40-31-29-27-25-23-21-19-17-15-13-11-9-7-2/h8,10,14,16,19-22,25-28,32-33,35-36,38-39,43,45,49,51,70,74H,6-7,9,11-13,15,17-18,23-24,29-31,34,37,40-42,44,46-48,50,52-69H2,1-5H3/b10-8-,16-14-,21-19-,22-20-,27-25-,28-26-,33-32-,36-35-,39-38-,45-43-,51-49-. The van der Waals surface area contributed by atoms with Gasteiger partial charge in [0, 0.05) is 12.8 Å². The molecule has 9 heteroatoms. The fraction of sp³-hybridized carbons (Fsp3) is 0.662. The fourth-order valence-electron chi connectivity index (χ4n) is 8.79. The molecule has 0 saturated heterocycles. The van der Waals surface area contributed by atoms with Crippen LogP contribution in [-0.4, -0.2) is 82.3 Å². The molecule has 0 aromatic carbocycles. The van der Waals surface area contributed by atoms with Gasteiger partial charge in [-0.3, -0.25) is 9.59 Å². The molecule has 0 aromatic heterocycles. The number of unbranched alkanes of at least 4 members (excludes halogenated alkanes) is 23. The number of likely N-dealkylation sites (N-methyl/N-ethyl adjacent to an activating group) is 1. The van der Waals surface area contributed by atoms with Gasteiger partial charge >= 0.3 is 11.9 Å². The molecule has 2 atom stereocenters. The Morgan fingerprint density at radius 2 is 0.687 bits per heavy atom. The average Bonchev–Trinajstić information content (AvgIpc) is 3.46. The number of carbonyl (C=O) groups is 3. The van der Waals surface area contributed by atoms with Gasteiger partial charge in [0.1, 0.15) is 13.2 Å². The smallest absolute Gasteiger partial charge is 0.306 e. The van der Waals surface area contributed by atoms with Gasteiger partial charge in [-0.15, -0.1) is 0 Å². The molecule has 0 rings (SSSR count). The molecule has 0 spiro atoms. The van der Waals surface area contributed by atoms with E-state index in [2.05, 4.69) is 148 Å². The summed E-state index contributed by atoms with van der Waals surface area (Å²) in [5, 5.41) is 11.8. The van der Waals surface area contributed by atoms with Crippen LogP contribution in [0.4, 0.5) is 0 Å². The minimum absolute atomic E-state index is 0.137. The van der Waals surface area contributed by atoms with Crippen molar-refractivity contribution in [2.45, 2.75) is 270 Å². The van der Waals surface area contributed by atoms with Crippen molar-refractivity contribution in [3.63, 3.8) is 0 Å². The summed E-state index contributed by atoms with van der Waals surface area (Å²) in [4.78, 5) is 37.4. The summed E-state index contributed by atoms with van der Waals surface area (Å²) in [6.45, 7) is 4.60. The van der Waals surface area contributed by atoms with Gasteiger partial charge in [0.25, 0.3) is 0 Å². The molecule has 2 unspecified atom stereocenters. The number of carbonyl (C=O) groups excluding carboxylic acids is 3. The highest BCUT2D eigenvalue weighted by atomic mass is 16.7. The molecule has 0 aliphatic carbocycles. The third kappa shape index (κ3) is 64.8. The van der Waals surface area contributed by atoms with Gasteiger partial charge in [0.05, 0.1) is 40.3 Å². The minimum Gasteiger partial charge on any atom is -0.545 e. The van der Waals surface area contributed by atoms with Crippen LogP contribution in [0.15, 0.2) is 134 Å². The van der Waals surface area contributed by atoms with Gasteiger partial charge in [-0.25, -0.2) is 0 Å². The zero-order valence-electron chi connectivity index (χ0n) is 53.8. The normalized spacial score (nSPS) is 13.6. The molecular weight excluding hydrogens is 1030 g/mol. The molecule has 0 bridgehead atoms. The Hall–Kier alpha value is -4.57. The molecule has 0 amide bonds. The zero-order valence-corrected chi connectivity index (χ0v) is 53.8. The van der Waals surface area contributed by atoms with Gasteiger partial charge in [0.15, 0.2) is 12.4 Å². The highest BCUT2D eigenvalue weighted by Gasteiger charge is 2.22. The molecule has 0 saturated carbocycles. The van der Waals surface area contributed by atoms with Crippen molar-refractivity contribution in [3.8, 4) is 0 Å². The molecule has 0 heterocycles. The SMILES string of the molecule is CC/C=C\C/C=C\C/C=C\C/C=C\C/C=C\C/C=C\C/C=C\C/C=C\C/C=C\CCCCCCCC(=O)OC(COC(=O)CCCCCCCCCCCCCCC/C=C\C/C=C\CCCCCCC)COC(OCC[N+](C)(C)C)C(=O)[O-]. The number of esters is 2. The van der Waals surface area contributed by atoms with Crippen LogP contribution < -0.4 is 5.11 Å². The molecule has 0 radical (unpaired) electrons. The highest BCUT2D eigenvalue weighted by Crippen LogP contribution is 2.16.